The van der Waals surface area contributed by atoms with Crippen molar-refractivity contribution in [2.75, 3.05) is 18.9 Å². The Labute approximate surface area is 112 Å². The average Bonchev–Trinajstić information content (AvgIpc) is 2.35. The van der Waals surface area contributed by atoms with E-state index in [1.807, 2.05) is 6.92 Å². The van der Waals surface area contributed by atoms with Crippen molar-refractivity contribution in [1.82, 2.24) is 4.90 Å². The Morgan fingerprint density at radius 1 is 1.39 bits per heavy atom. The van der Waals surface area contributed by atoms with Gasteiger partial charge in [0, 0.05) is 24.3 Å². The number of hydrogen-bond acceptors (Lipinski definition) is 2. The molecule has 0 saturated heterocycles. The van der Waals surface area contributed by atoms with Crippen molar-refractivity contribution in [2.24, 2.45) is 0 Å². The number of amides is 2. The molecule has 0 fully saturated rings. The average molecular weight is 269 g/mol. The molecule has 1 N–H and O–H groups in total. The van der Waals surface area contributed by atoms with Gasteiger partial charge in [-0.15, -0.1) is 0 Å². The third-order valence-corrected chi connectivity index (χ3v) is 2.71. The molecule has 0 bridgehead atoms. The normalized spacial score (nSPS) is 9.94. The van der Waals surface area contributed by atoms with Crippen molar-refractivity contribution in [3.05, 3.63) is 29.3 Å². The highest BCUT2D eigenvalue weighted by molar-refractivity contribution is 6.39. The van der Waals surface area contributed by atoms with Gasteiger partial charge in [0.2, 0.25) is 0 Å². The Bertz CT molecular complexity index is 435. The number of anilines is 1. The minimum absolute atomic E-state index is 0.514. The second-order valence-electron chi connectivity index (χ2n) is 4.04. The van der Waals surface area contributed by atoms with E-state index in [4.69, 9.17) is 11.6 Å². The van der Waals surface area contributed by atoms with Crippen LogP contribution in [0, 0.1) is 0 Å². The maximum atomic E-state index is 11.7. The molecule has 0 atom stereocenters. The minimum atomic E-state index is -0.643. The van der Waals surface area contributed by atoms with Crippen molar-refractivity contribution in [1.29, 1.82) is 0 Å². The Morgan fingerprint density at radius 3 is 2.72 bits per heavy atom. The van der Waals surface area contributed by atoms with E-state index in [9.17, 15) is 9.59 Å². The van der Waals surface area contributed by atoms with Crippen LogP contribution in [-0.4, -0.2) is 30.3 Å². The van der Waals surface area contributed by atoms with Crippen LogP contribution in [0.4, 0.5) is 5.69 Å². The van der Waals surface area contributed by atoms with E-state index in [0.717, 1.165) is 12.8 Å². The van der Waals surface area contributed by atoms with Crippen LogP contribution in [0.2, 0.25) is 5.02 Å². The standard InChI is InChI=1S/C13H17ClN2O2/c1-3-4-8-16(2)13(18)12(17)15-11-7-5-6-10(14)9-11/h5-7,9H,3-4,8H2,1-2H3,(H,15,17). The molecule has 4 nitrogen and oxygen atoms in total. The summed E-state index contributed by atoms with van der Waals surface area (Å²) in [7, 11) is 1.62. The number of likely N-dealkylation sites (N-methyl/N-ethyl adjacent to an activating group) is 1. The van der Waals surface area contributed by atoms with Gasteiger partial charge in [-0.3, -0.25) is 9.59 Å². The van der Waals surface area contributed by atoms with E-state index in [-0.39, 0.29) is 0 Å². The second-order valence-corrected chi connectivity index (χ2v) is 4.48. The monoisotopic (exact) mass is 268 g/mol. The van der Waals surface area contributed by atoms with Crippen molar-refractivity contribution in [3.8, 4) is 0 Å². The zero-order valence-corrected chi connectivity index (χ0v) is 11.3. The molecular formula is C13H17ClN2O2. The predicted molar refractivity (Wildman–Crippen MR) is 72.6 cm³/mol. The highest BCUT2D eigenvalue weighted by Gasteiger charge is 2.18. The van der Waals surface area contributed by atoms with Gasteiger partial charge < -0.3 is 10.2 Å². The summed E-state index contributed by atoms with van der Waals surface area (Å²) in [6, 6.07) is 6.69. The summed E-state index contributed by atoms with van der Waals surface area (Å²) < 4.78 is 0. The highest BCUT2D eigenvalue weighted by Crippen LogP contribution is 2.14. The van der Waals surface area contributed by atoms with E-state index in [1.54, 1.807) is 31.3 Å². The van der Waals surface area contributed by atoms with E-state index >= 15 is 0 Å². The third kappa shape index (κ3) is 4.37. The first kappa shape index (κ1) is 14.5. The van der Waals surface area contributed by atoms with Gasteiger partial charge in [0.25, 0.3) is 0 Å². The van der Waals surface area contributed by atoms with Gasteiger partial charge in [-0.1, -0.05) is 31.0 Å². The zero-order valence-electron chi connectivity index (χ0n) is 10.6. The number of carbonyl (C=O) groups excluding carboxylic acids is 2. The van der Waals surface area contributed by atoms with Crippen LogP contribution < -0.4 is 5.32 Å². The number of rotatable bonds is 4. The molecule has 0 heterocycles. The van der Waals surface area contributed by atoms with Crippen molar-refractivity contribution in [3.63, 3.8) is 0 Å². The largest absolute Gasteiger partial charge is 0.338 e. The molecule has 2 amide bonds. The Morgan fingerprint density at radius 2 is 2.11 bits per heavy atom. The molecule has 18 heavy (non-hydrogen) atoms. The molecule has 98 valence electrons. The molecule has 0 spiro atoms. The van der Waals surface area contributed by atoms with Crippen LogP contribution in [0.25, 0.3) is 0 Å². The Balaban J connectivity index is 2.57. The molecule has 0 aliphatic carbocycles. The van der Waals surface area contributed by atoms with Gasteiger partial charge in [-0.05, 0) is 24.6 Å². The summed E-state index contributed by atoms with van der Waals surface area (Å²) in [5.41, 5.74) is 0.518. The fraction of sp³-hybridized carbons (Fsp3) is 0.385. The second kappa shape index (κ2) is 7.01. The molecule has 1 aromatic carbocycles. The van der Waals surface area contributed by atoms with Crippen LogP contribution >= 0.6 is 11.6 Å². The lowest BCUT2D eigenvalue weighted by Crippen LogP contribution is -2.37. The van der Waals surface area contributed by atoms with E-state index in [0.29, 0.717) is 17.3 Å². The summed E-state index contributed by atoms with van der Waals surface area (Å²) in [4.78, 5) is 24.8. The number of unbranched alkanes of at least 4 members (excludes halogenated alkanes) is 1. The van der Waals surface area contributed by atoms with E-state index in [2.05, 4.69) is 5.32 Å². The maximum absolute atomic E-state index is 11.7. The predicted octanol–water partition coefficient (Wildman–Crippen LogP) is 2.54. The number of nitrogens with one attached hydrogen (secondary N) is 1. The highest BCUT2D eigenvalue weighted by atomic mass is 35.5. The molecular weight excluding hydrogens is 252 g/mol. The lowest BCUT2D eigenvalue weighted by molar-refractivity contribution is -0.142. The van der Waals surface area contributed by atoms with Crippen molar-refractivity contribution >= 4 is 29.1 Å². The molecule has 1 aromatic rings. The molecule has 5 heteroatoms. The smallest absolute Gasteiger partial charge is 0.313 e. The summed E-state index contributed by atoms with van der Waals surface area (Å²) in [6.07, 6.45) is 1.86. The summed E-state index contributed by atoms with van der Waals surface area (Å²) in [6.45, 7) is 2.61. The Hall–Kier alpha value is -1.55. The quantitative estimate of drug-likeness (QED) is 0.853. The van der Waals surface area contributed by atoms with Crippen LogP contribution in [-0.2, 0) is 9.59 Å². The van der Waals surface area contributed by atoms with Gasteiger partial charge in [-0.25, -0.2) is 0 Å². The minimum Gasteiger partial charge on any atom is -0.338 e. The fourth-order valence-electron chi connectivity index (χ4n) is 1.42. The van der Waals surface area contributed by atoms with Crippen LogP contribution in [0.1, 0.15) is 19.8 Å². The summed E-state index contributed by atoms with van der Waals surface area (Å²) in [5.74, 6) is -1.18. The first-order chi connectivity index (χ1) is 8.54. The molecule has 0 aliphatic rings. The van der Waals surface area contributed by atoms with Gasteiger partial charge in [0.15, 0.2) is 0 Å². The Kier molecular flexibility index (Phi) is 5.65. The number of carbonyl (C=O) groups is 2. The molecule has 0 radical (unpaired) electrons. The third-order valence-electron chi connectivity index (χ3n) is 2.47. The molecule has 0 aromatic heterocycles. The van der Waals surface area contributed by atoms with Gasteiger partial charge >= 0.3 is 11.8 Å². The number of hydrogen-bond donors (Lipinski definition) is 1. The first-order valence-electron chi connectivity index (χ1n) is 5.86. The molecule has 1 rings (SSSR count). The van der Waals surface area contributed by atoms with E-state index < -0.39 is 11.8 Å². The SMILES string of the molecule is CCCCN(C)C(=O)C(=O)Nc1cccc(Cl)c1. The molecule has 0 unspecified atom stereocenters. The topological polar surface area (TPSA) is 49.4 Å². The lowest BCUT2D eigenvalue weighted by Gasteiger charge is -2.16. The maximum Gasteiger partial charge on any atom is 0.313 e. The lowest BCUT2D eigenvalue weighted by atomic mass is 10.3. The zero-order chi connectivity index (χ0) is 13.5. The summed E-state index contributed by atoms with van der Waals surface area (Å²) in [5, 5.41) is 3.04. The van der Waals surface area contributed by atoms with Crippen LogP contribution in [0.5, 0.6) is 0 Å². The van der Waals surface area contributed by atoms with E-state index in [1.165, 1.54) is 4.90 Å². The summed E-state index contributed by atoms with van der Waals surface area (Å²) >= 11 is 5.79. The number of halogens is 1. The van der Waals surface area contributed by atoms with Gasteiger partial charge in [0.1, 0.15) is 0 Å². The first-order valence-corrected chi connectivity index (χ1v) is 6.24. The van der Waals surface area contributed by atoms with Gasteiger partial charge in [0.05, 0.1) is 0 Å². The van der Waals surface area contributed by atoms with Crippen LogP contribution in [0.15, 0.2) is 24.3 Å². The van der Waals surface area contributed by atoms with Crippen molar-refractivity contribution < 1.29 is 9.59 Å². The van der Waals surface area contributed by atoms with Crippen LogP contribution in [0.3, 0.4) is 0 Å². The molecule has 0 aliphatic heterocycles. The number of benzene rings is 1. The number of nitrogens with zero attached hydrogens (tertiary/aromatic N) is 1. The molecule has 0 saturated carbocycles. The van der Waals surface area contributed by atoms with Crippen molar-refractivity contribution in [2.45, 2.75) is 19.8 Å². The van der Waals surface area contributed by atoms with Gasteiger partial charge in [-0.2, -0.15) is 0 Å². The fourth-order valence-corrected chi connectivity index (χ4v) is 1.61.